The van der Waals surface area contributed by atoms with Crippen molar-refractivity contribution >= 4 is 11.9 Å². The van der Waals surface area contributed by atoms with Crippen molar-refractivity contribution in [2.45, 2.75) is 64.4 Å². The van der Waals surface area contributed by atoms with E-state index in [1.54, 1.807) is 23.2 Å². The maximum absolute atomic E-state index is 12.6. The lowest BCUT2D eigenvalue weighted by Gasteiger charge is -2.32. The highest BCUT2D eigenvalue weighted by Crippen LogP contribution is 2.31. The molecule has 2 aliphatic rings. The monoisotopic (exact) mass is 356 g/mol. The van der Waals surface area contributed by atoms with Crippen LogP contribution in [-0.2, 0) is 9.57 Å². The molecule has 1 aromatic rings. The van der Waals surface area contributed by atoms with Crippen molar-refractivity contribution in [3.8, 4) is 12.3 Å². The Kier molecular flexibility index (Phi) is 4.88. The number of rotatable bonds is 2. The van der Waals surface area contributed by atoms with Crippen LogP contribution in [0.15, 0.2) is 23.3 Å². The Hall–Kier alpha value is -2.59. The highest BCUT2D eigenvalue weighted by Gasteiger charge is 2.43. The van der Waals surface area contributed by atoms with Gasteiger partial charge in [-0.15, -0.1) is 6.42 Å². The number of amidine groups is 1. The average Bonchev–Trinajstić information content (AvgIpc) is 3.20. The second kappa shape index (κ2) is 6.96. The zero-order valence-electron chi connectivity index (χ0n) is 15.5. The molecule has 3 atom stereocenters. The normalized spacial score (nSPS) is 25.4. The van der Waals surface area contributed by atoms with E-state index in [-0.39, 0.29) is 18.2 Å². The van der Waals surface area contributed by atoms with Crippen LogP contribution in [0.4, 0.5) is 4.79 Å². The standard InChI is InChI=1S/C19H24N4O3/c1-6-13-8-9-14(20-11-13)16-21-17(26-22-16)15-10-7-12(2)23(15)18(24)25-19(3,4)5/h1,8-9,11-12,15,17H,7,10H2,2-5H3,(H,21,22). The van der Waals surface area contributed by atoms with Gasteiger partial charge in [-0.3, -0.25) is 9.88 Å². The van der Waals surface area contributed by atoms with Crippen LogP contribution in [0.3, 0.4) is 0 Å². The molecule has 7 nitrogen and oxygen atoms in total. The zero-order valence-corrected chi connectivity index (χ0v) is 15.5. The van der Waals surface area contributed by atoms with E-state index in [9.17, 15) is 4.79 Å². The number of aliphatic imine (C=N–C) groups is 1. The van der Waals surface area contributed by atoms with Gasteiger partial charge in [-0.1, -0.05) is 5.92 Å². The quantitative estimate of drug-likeness (QED) is 0.824. The van der Waals surface area contributed by atoms with Gasteiger partial charge in [0.25, 0.3) is 0 Å². The summed E-state index contributed by atoms with van der Waals surface area (Å²) in [7, 11) is 0. The van der Waals surface area contributed by atoms with E-state index in [2.05, 4.69) is 21.4 Å². The zero-order chi connectivity index (χ0) is 18.9. The Bertz CT molecular complexity index is 746. The van der Waals surface area contributed by atoms with Crippen LogP contribution >= 0.6 is 0 Å². The number of carbonyl (C=O) groups is 1. The number of nitrogens with zero attached hydrogens (tertiary/aromatic N) is 3. The minimum atomic E-state index is -0.546. The van der Waals surface area contributed by atoms with E-state index >= 15 is 0 Å². The van der Waals surface area contributed by atoms with E-state index in [1.807, 2.05) is 27.7 Å². The molecule has 0 spiro atoms. The van der Waals surface area contributed by atoms with Crippen molar-refractivity contribution in [2.75, 3.05) is 0 Å². The molecule has 0 aliphatic carbocycles. The molecule has 2 aliphatic heterocycles. The van der Waals surface area contributed by atoms with Gasteiger partial charge in [-0.05, 0) is 52.7 Å². The molecule has 0 saturated carbocycles. The van der Waals surface area contributed by atoms with Crippen molar-refractivity contribution in [3.05, 3.63) is 29.6 Å². The molecular formula is C19H24N4O3. The molecule has 0 bridgehead atoms. The van der Waals surface area contributed by atoms with Crippen LogP contribution in [-0.4, -0.2) is 45.7 Å². The second-order valence-electron chi connectivity index (χ2n) is 7.55. The summed E-state index contributed by atoms with van der Waals surface area (Å²) >= 11 is 0. The predicted octanol–water partition coefficient (Wildman–Crippen LogP) is 2.46. The molecule has 0 aromatic carbocycles. The Morgan fingerprint density at radius 2 is 2.19 bits per heavy atom. The number of nitrogens with one attached hydrogen (secondary N) is 1. The molecule has 3 unspecified atom stereocenters. The van der Waals surface area contributed by atoms with Crippen molar-refractivity contribution in [2.24, 2.45) is 4.99 Å². The lowest BCUT2D eigenvalue weighted by atomic mass is 10.2. The Balaban J connectivity index is 1.76. The maximum Gasteiger partial charge on any atom is 0.410 e. The first-order chi connectivity index (χ1) is 12.3. The van der Waals surface area contributed by atoms with Gasteiger partial charge in [0, 0.05) is 17.8 Å². The molecule has 1 N–H and O–H groups in total. The third-order valence-electron chi connectivity index (χ3n) is 4.35. The number of likely N-dealkylation sites (tertiary alicyclic amines) is 1. The number of pyridine rings is 1. The van der Waals surface area contributed by atoms with Crippen LogP contribution in [0.1, 0.15) is 51.8 Å². The fraction of sp³-hybridized carbons (Fsp3) is 0.526. The summed E-state index contributed by atoms with van der Waals surface area (Å²) < 4.78 is 5.55. The lowest BCUT2D eigenvalue weighted by molar-refractivity contribution is -0.0309. The van der Waals surface area contributed by atoms with Crippen LogP contribution in [0.5, 0.6) is 0 Å². The van der Waals surface area contributed by atoms with Gasteiger partial charge in [0.1, 0.15) is 11.3 Å². The van der Waals surface area contributed by atoms with Crippen molar-refractivity contribution in [1.29, 1.82) is 0 Å². The molecule has 7 heteroatoms. The van der Waals surface area contributed by atoms with Crippen molar-refractivity contribution < 1.29 is 14.4 Å². The summed E-state index contributed by atoms with van der Waals surface area (Å²) in [6, 6.07) is 3.47. The predicted molar refractivity (Wildman–Crippen MR) is 97.3 cm³/mol. The number of hydroxylamine groups is 1. The van der Waals surface area contributed by atoms with E-state index < -0.39 is 11.8 Å². The summed E-state index contributed by atoms with van der Waals surface area (Å²) in [6.45, 7) is 7.58. The van der Waals surface area contributed by atoms with Gasteiger partial charge in [0.2, 0.25) is 0 Å². The highest BCUT2D eigenvalue weighted by atomic mass is 16.7. The number of ether oxygens (including phenoxy) is 1. The van der Waals surface area contributed by atoms with Crippen LogP contribution in [0, 0.1) is 12.3 Å². The molecule has 1 amide bonds. The number of hydrogen-bond acceptors (Lipinski definition) is 6. The first kappa shape index (κ1) is 18.2. The summed E-state index contributed by atoms with van der Waals surface area (Å²) in [5.74, 6) is 3.06. The fourth-order valence-corrected chi connectivity index (χ4v) is 3.13. The maximum atomic E-state index is 12.6. The molecule has 138 valence electrons. The first-order valence-corrected chi connectivity index (χ1v) is 8.72. The van der Waals surface area contributed by atoms with Crippen LogP contribution in [0.2, 0.25) is 0 Å². The number of terminal acetylenes is 1. The number of amides is 1. The molecule has 1 fully saturated rings. The van der Waals surface area contributed by atoms with Gasteiger partial charge in [0.15, 0.2) is 12.1 Å². The third kappa shape index (κ3) is 3.81. The van der Waals surface area contributed by atoms with E-state index in [1.165, 1.54) is 0 Å². The Labute approximate surface area is 153 Å². The summed E-state index contributed by atoms with van der Waals surface area (Å²) in [6.07, 6.45) is 7.79. The molecule has 26 heavy (non-hydrogen) atoms. The van der Waals surface area contributed by atoms with Crippen LogP contribution in [0.25, 0.3) is 0 Å². The Morgan fingerprint density at radius 3 is 2.81 bits per heavy atom. The lowest BCUT2D eigenvalue weighted by Crippen LogP contribution is -2.47. The molecule has 1 aromatic heterocycles. The topological polar surface area (TPSA) is 76.1 Å². The second-order valence-corrected chi connectivity index (χ2v) is 7.55. The highest BCUT2D eigenvalue weighted by molar-refractivity contribution is 5.97. The molecule has 0 radical (unpaired) electrons. The molecule has 3 heterocycles. The molecule has 3 rings (SSSR count). The van der Waals surface area contributed by atoms with Gasteiger partial charge in [0.05, 0.1) is 6.04 Å². The van der Waals surface area contributed by atoms with Gasteiger partial charge in [-0.2, -0.15) is 0 Å². The van der Waals surface area contributed by atoms with E-state index in [0.717, 1.165) is 12.8 Å². The first-order valence-electron chi connectivity index (χ1n) is 8.72. The molecular weight excluding hydrogens is 332 g/mol. The number of carbonyl (C=O) groups excluding carboxylic acids is 1. The van der Waals surface area contributed by atoms with Crippen LogP contribution < -0.4 is 5.48 Å². The van der Waals surface area contributed by atoms with Gasteiger partial charge >= 0.3 is 6.09 Å². The third-order valence-corrected chi connectivity index (χ3v) is 4.35. The summed E-state index contributed by atoms with van der Waals surface area (Å²) in [5.41, 5.74) is 3.61. The minimum absolute atomic E-state index is 0.0748. The van der Waals surface area contributed by atoms with E-state index in [0.29, 0.717) is 17.1 Å². The van der Waals surface area contributed by atoms with Gasteiger partial charge < -0.3 is 4.74 Å². The Morgan fingerprint density at radius 1 is 1.42 bits per heavy atom. The van der Waals surface area contributed by atoms with E-state index in [4.69, 9.17) is 16.0 Å². The number of hydrogen-bond donors (Lipinski definition) is 1. The minimum Gasteiger partial charge on any atom is -0.444 e. The number of aromatic nitrogens is 1. The smallest absolute Gasteiger partial charge is 0.410 e. The largest absolute Gasteiger partial charge is 0.444 e. The SMILES string of the molecule is C#Cc1ccc(C2=NC(C3CCC(C)N3C(=O)OC(C)(C)C)ON2)nc1. The summed E-state index contributed by atoms with van der Waals surface area (Å²) in [4.78, 5) is 28.8. The van der Waals surface area contributed by atoms with Crippen molar-refractivity contribution in [3.63, 3.8) is 0 Å². The molecule has 1 saturated heterocycles. The fourth-order valence-electron chi connectivity index (χ4n) is 3.13. The average molecular weight is 356 g/mol. The van der Waals surface area contributed by atoms with Crippen molar-refractivity contribution in [1.82, 2.24) is 15.4 Å². The summed E-state index contributed by atoms with van der Waals surface area (Å²) in [5, 5.41) is 0. The van der Waals surface area contributed by atoms with Gasteiger partial charge in [-0.25, -0.2) is 20.1 Å².